The van der Waals surface area contributed by atoms with E-state index in [9.17, 15) is 5.11 Å². The van der Waals surface area contributed by atoms with Gasteiger partial charge in [-0.1, -0.05) is 5.57 Å². The number of hydrogen-bond acceptors (Lipinski definition) is 5. The first-order valence-electron chi connectivity index (χ1n) is 9.34. The van der Waals surface area contributed by atoms with E-state index in [0.717, 1.165) is 24.2 Å². The number of aromatic hydroxyl groups is 1. The highest BCUT2D eigenvalue weighted by atomic mass is 16.3. The molecular formula is C21H21N5O. The number of rotatable bonds is 3. The van der Waals surface area contributed by atoms with Gasteiger partial charge in [0.25, 0.3) is 0 Å². The van der Waals surface area contributed by atoms with Crippen LogP contribution < -0.4 is 5.32 Å². The summed E-state index contributed by atoms with van der Waals surface area (Å²) in [7, 11) is 0. The van der Waals surface area contributed by atoms with Gasteiger partial charge in [0.2, 0.25) is 0 Å². The topological polar surface area (TPSA) is 75.9 Å². The smallest absolute Gasteiger partial charge is 0.127 e. The molecule has 6 nitrogen and oxygen atoms in total. The summed E-state index contributed by atoms with van der Waals surface area (Å²) in [5.41, 5.74) is 4.52. The second-order valence-corrected chi connectivity index (χ2v) is 7.35. The van der Waals surface area contributed by atoms with Gasteiger partial charge in [0.1, 0.15) is 5.75 Å². The van der Waals surface area contributed by atoms with Crippen LogP contribution in [0.15, 0.2) is 54.9 Å². The minimum atomic E-state index is 0.177. The highest BCUT2D eigenvalue weighted by molar-refractivity contribution is 5.68. The predicted octanol–water partition coefficient (Wildman–Crippen LogP) is 3.33. The van der Waals surface area contributed by atoms with Crippen molar-refractivity contribution >= 4 is 6.08 Å². The van der Waals surface area contributed by atoms with Crippen molar-refractivity contribution in [3.05, 3.63) is 60.6 Å². The second-order valence-electron chi connectivity index (χ2n) is 7.35. The summed E-state index contributed by atoms with van der Waals surface area (Å²) in [6.45, 7) is 0. The van der Waals surface area contributed by atoms with Crippen LogP contribution in [0.3, 0.4) is 0 Å². The normalized spacial score (nSPS) is 23.0. The average Bonchev–Trinajstić information content (AvgIpc) is 3.32. The van der Waals surface area contributed by atoms with Gasteiger partial charge in [-0.25, -0.2) is 4.98 Å². The molecule has 3 aromatic rings. The van der Waals surface area contributed by atoms with Crippen molar-refractivity contribution in [2.45, 2.75) is 37.8 Å². The van der Waals surface area contributed by atoms with Crippen molar-refractivity contribution in [2.24, 2.45) is 0 Å². The number of nitrogens with zero attached hydrogens (tertiary/aromatic N) is 4. The van der Waals surface area contributed by atoms with Gasteiger partial charge in [0.05, 0.1) is 35.8 Å². The minimum absolute atomic E-state index is 0.177. The van der Waals surface area contributed by atoms with Crippen LogP contribution in [0.25, 0.3) is 23.0 Å². The highest BCUT2D eigenvalue weighted by Gasteiger charge is 2.30. The van der Waals surface area contributed by atoms with Crippen LogP contribution in [0.2, 0.25) is 0 Å². The van der Waals surface area contributed by atoms with E-state index in [-0.39, 0.29) is 5.75 Å². The van der Waals surface area contributed by atoms with Gasteiger partial charge in [0, 0.05) is 36.1 Å². The van der Waals surface area contributed by atoms with E-state index in [0.29, 0.717) is 23.3 Å². The standard InChI is InChI=1S/C21H21N5O/c27-21-10-18(26-6-5-22-13-26)3-4-19(21)20-12-23-17(11-24-20)9-14-7-15-1-2-16(8-14)25-15/h3-6,9-13,15-16,25,27H,1-2,7-8H2/b14-9-/t15-,16+/m0/s1. The third-order valence-electron chi connectivity index (χ3n) is 5.44. The van der Waals surface area contributed by atoms with Gasteiger partial charge in [-0.3, -0.25) is 9.97 Å². The summed E-state index contributed by atoms with van der Waals surface area (Å²) in [4.78, 5) is 13.1. The summed E-state index contributed by atoms with van der Waals surface area (Å²) in [5.74, 6) is 0.177. The Balaban J connectivity index is 1.37. The molecule has 2 fully saturated rings. The van der Waals surface area contributed by atoms with Crippen molar-refractivity contribution < 1.29 is 5.11 Å². The SMILES string of the molecule is Oc1cc(-n2ccnc2)ccc1-c1cnc(/C=C2\C[C@H]3CC[C@@H](C2)N3)cn1. The number of nitrogens with one attached hydrogen (secondary N) is 1. The van der Waals surface area contributed by atoms with Crippen molar-refractivity contribution in [1.82, 2.24) is 24.8 Å². The number of phenols is 1. The molecular weight excluding hydrogens is 338 g/mol. The molecule has 2 bridgehead atoms. The first-order valence-corrected chi connectivity index (χ1v) is 9.34. The molecule has 4 heterocycles. The van der Waals surface area contributed by atoms with Crippen molar-refractivity contribution in [2.75, 3.05) is 0 Å². The maximum absolute atomic E-state index is 10.4. The molecule has 27 heavy (non-hydrogen) atoms. The molecule has 0 saturated carbocycles. The van der Waals surface area contributed by atoms with Crippen LogP contribution in [0, 0.1) is 0 Å². The first-order chi connectivity index (χ1) is 13.2. The molecule has 2 atom stereocenters. The number of imidazole rings is 1. The molecule has 0 unspecified atom stereocenters. The zero-order valence-corrected chi connectivity index (χ0v) is 14.9. The van der Waals surface area contributed by atoms with Gasteiger partial charge >= 0.3 is 0 Å². The van der Waals surface area contributed by atoms with Gasteiger partial charge in [0.15, 0.2) is 0 Å². The van der Waals surface area contributed by atoms with E-state index in [1.165, 1.54) is 18.4 Å². The largest absolute Gasteiger partial charge is 0.507 e. The number of benzene rings is 1. The lowest BCUT2D eigenvalue weighted by molar-refractivity contribution is 0.476. The molecule has 2 aromatic heterocycles. The second kappa shape index (κ2) is 6.63. The van der Waals surface area contributed by atoms with E-state index in [2.05, 4.69) is 26.3 Å². The molecule has 2 aliphatic rings. The van der Waals surface area contributed by atoms with E-state index in [4.69, 9.17) is 0 Å². The number of hydrogen-bond donors (Lipinski definition) is 2. The molecule has 0 aliphatic carbocycles. The Hall–Kier alpha value is -2.99. The van der Waals surface area contributed by atoms with E-state index in [1.807, 2.05) is 22.9 Å². The fourth-order valence-electron chi connectivity index (χ4n) is 4.13. The van der Waals surface area contributed by atoms with Crippen molar-refractivity contribution in [3.8, 4) is 22.7 Å². The van der Waals surface area contributed by atoms with Crippen molar-refractivity contribution in [3.63, 3.8) is 0 Å². The maximum atomic E-state index is 10.4. The summed E-state index contributed by atoms with van der Waals surface area (Å²) in [5, 5.41) is 14.1. The van der Waals surface area contributed by atoms with Crippen LogP contribution >= 0.6 is 0 Å². The summed E-state index contributed by atoms with van der Waals surface area (Å²) < 4.78 is 1.84. The maximum Gasteiger partial charge on any atom is 0.127 e. The molecule has 1 aromatic carbocycles. The lowest BCUT2D eigenvalue weighted by Gasteiger charge is -2.23. The molecule has 136 valence electrons. The van der Waals surface area contributed by atoms with E-state index < -0.39 is 0 Å². The Labute approximate surface area is 157 Å². The van der Waals surface area contributed by atoms with Gasteiger partial charge in [-0.2, -0.15) is 0 Å². The van der Waals surface area contributed by atoms with E-state index in [1.54, 1.807) is 31.0 Å². The Morgan fingerprint density at radius 2 is 1.96 bits per heavy atom. The molecule has 0 radical (unpaired) electrons. The zero-order chi connectivity index (χ0) is 18.2. The predicted molar refractivity (Wildman–Crippen MR) is 103 cm³/mol. The van der Waals surface area contributed by atoms with Crippen LogP contribution in [-0.4, -0.2) is 36.7 Å². The number of piperidine rings is 1. The molecule has 2 N–H and O–H groups in total. The number of aromatic nitrogens is 4. The van der Waals surface area contributed by atoms with Gasteiger partial charge in [-0.05, 0) is 43.9 Å². The fourth-order valence-corrected chi connectivity index (χ4v) is 4.13. The van der Waals surface area contributed by atoms with Crippen LogP contribution in [0.4, 0.5) is 0 Å². The molecule has 0 amide bonds. The zero-order valence-electron chi connectivity index (χ0n) is 14.9. The van der Waals surface area contributed by atoms with Crippen LogP contribution in [0.1, 0.15) is 31.4 Å². The van der Waals surface area contributed by atoms with Gasteiger partial charge in [-0.15, -0.1) is 0 Å². The summed E-state index contributed by atoms with van der Waals surface area (Å²) >= 11 is 0. The number of fused-ring (bicyclic) bond motifs is 2. The molecule has 0 spiro atoms. The quantitative estimate of drug-likeness (QED) is 0.750. The van der Waals surface area contributed by atoms with Crippen LogP contribution in [0.5, 0.6) is 5.75 Å². The lowest BCUT2D eigenvalue weighted by Crippen LogP contribution is -2.34. The fraction of sp³-hybridized carbons (Fsp3) is 0.286. The number of phenolic OH excluding ortho intramolecular Hbond substituents is 1. The minimum Gasteiger partial charge on any atom is -0.507 e. The molecule has 2 saturated heterocycles. The summed E-state index contributed by atoms with van der Waals surface area (Å²) in [6.07, 6.45) is 15.7. The average molecular weight is 359 g/mol. The molecule has 6 heteroatoms. The Bertz CT molecular complexity index is 964. The summed E-state index contributed by atoms with van der Waals surface area (Å²) in [6, 6.07) is 6.76. The van der Waals surface area contributed by atoms with Gasteiger partial charge < -0.3 is 15.0 Å². The third kappa shape index (κ3) is 3.24. The third-order valence-corrected chi connectivity index (χ3v) is 5.44. The molecule has 2 aliphatic heterocycles. The first kappa shape index (κ1) is 16.2. The molecule has 5 rings (SSSR count). The monoisotopic (exact) mass is 359 g/mol. The Morgan fingerprint density at radius 3 is 2.63 bits per heavy atom. The highest BCUT2D eigenvalue weighted by Crippen LogP contribution is 2.32. The Morgan fingerprint density at radius 1 is 1.11 bits per heavy atom. The van der Waals surface area contributed by atoms with Crippen LogP contribution in [-0.2, 0) is 0 Å². The van der Waals surface area contributed by atoms with E-state index >= 15 is 0 Å². The Kier molecular flexibility index (Phi) is 3.98. The lowest BCUT2D eigenvalue weighted by atomic mass is 9.98. The van der Waals surface area contributed by atoms with Crippen molar-refractivity contribution in [1.29, 1.82) is 0 Å².